The molecule has 0 radical (unpaired) electrons. The van der Waals surface area contributed by atoms with Gasteiger partial charge in [-0.2, -0.15) is 5.10 Å². The van der Waals surface area contributed by atoms with E-state index in [0.717, 1.165) is 17.1 Å². The Bertz CT molecular complexity index is 989. The normalized spacial score (nSPS) is 11.0. The Balaban J connectivity index is 2.25. The van der Waals surface area contributed by atoms with Crippen LogP contribution in [0.4, 0.5) is 0 Å². The molecule has 0 unspecified atom stereocenters. The molecule has 1 N–H and O–H groups in total. The number of fused-ring (bicyclic) bond motifs is 1. The predicted molar refractivity (Wildman–Crippen MR) is 96.3 cm³/mol. The summed E-state index contributed by atoms with van der Waals surface area (Å²) in [5.74, 6) is 3.73. The molecule has 0 fully saturated rings. The van der Waals surface area contributed by atoms with Crippen LogP contribution in [0.3, 0.4) is 0 Å². The molecule has 25 heavy (non-hydrogen) atoms. The van der Waals surface area contributed by atoms with E-state index in [1.165, 1.54) is 0 Å². The van der Waals surface area contributed by atoms with Crippen LogP contribution in [0.2, 0.25) is 0 Å². The van der Waals surface area contributed by atoms with Crippen molar-refractivity contribution in [3.05, 3.63) is 35.4 Å². The number of pyridine rings is 1. The average Bonchev–Trinajstić information content (AvgIpc) is 3.14. The molecule has 128 valence electrons. The second kappa shape index (κ2) is 6.44. The number of furan rings is 1. The van der Waals surface area contributed by atoms with Gasteiger partial charge >= 0.3 is 0 Å². The molecule has 3 heterocycles. The fourth-order valence-corrected chi connectivity index (χ4v) is 2.83. The van der Waals surface area contributed by atoms with Crippen LogP contribution in [0, 0.1) is 26.2 Å². The first-order chi connectivity index (χ1) is 11.9. The zero-order valence-corrected chi connectivity index (χ0v) is 14.8. The van der Waals surface area contributed by atoms with E-state index in [2.05, 4.69) is 16.3 Å². The lowest BCUT2D eigenvalue weighted by atomic mass is 10.1. The van der Waals surface area contributed by atoms with Crippen molar-refractivity contribution in [2.75, 3.05) is 6.54 Å². The molecule has 3 aromatic heterocycles. The number of nitrogens with one attached hydrogen (secondary N) is 1. The molecule has 0 saturated heterocycles. The zero-order chi connectivity index (χ0) is 18.1. The summed E-state index contributed by atoms with van der Waals surface area (Å²) in [6, 6.07) is 3.80. The number of hydrogen-bond donors (Lipinski definition) is 1. The summed E-state index contributed by atoms with van der Waals surface area (Å²) in [4.78, 5) is 17.3. The van der Waals surface area contributed by atoms with Crippen LogP contribution in [0.15, 0.2) is 22.7 Å². The van der Waals surface area contributed by atoms with Gasteiger partial charge in [0.15, 0.2) is 5.65 Å². The summed E-state index contributed by atoms with van der Waals surface area (Å²) in [6.07, 6.45) is 6.92. The summed E-state index contributed by atoms with van der Waals surface area (Å²) in [7, 11) is 0. The van der Waals surface area contributed by atoms with Crippen molar-refractivity contribution in [1.82, 2.24) is 20.1 Å². The third-order valence-corrected chi connectivity index (χ3v) is 3.97. The van der Waals surface area contributed by atoms with Crippen LogP contribution in [-0.2, 0) is 0 Å². The standard InChI is InChI=1S/C19H20N4O2/c1-6-7-20-19(24)15-9-17(14-8-12(4)25-13(14)5)22-18-16(15)10-21-23(18)11(2)3/h1,8-11H,7H2,2-5H3,(H,20,24). The third kappa shape index (κ3) is 3.01. The van der Waals surface area contributed by atoms with Crippen LogP contribution in [0.5, 0.6) is 0 Å². The molecule has 6 nitrogen and oxygen atoms in total. The summed E-state index contributed by atoms with van der Waals surface area (Å²) >= 11 is 0. The van der Waals surface area contributed by atoms with E-state index in [-0.39, 0.29) is 18.5 Å². The first-order valence-electron chi connectivity index (χ1n) is 8.09. The minimum Gasteiger partial charge on any atom is -0.466 e. The van der Waals surface area contributed by atoms with Crippen molar-refractivity contribution >= 4 is 16.9 Å². The molecule has 6 heteroatoms. The molecule has 3 aromatic rings. The van der Waals surface area contributed by atoms with E-state index in [9.17, 15) is 4.79 Å². The summed E-state index contributed by atoms with van der Waals surface area (Å²) < 4.78 is 7.42. The first-order valence-corrected chi connectivity index (χ1v) is 8.09. The van der Waals surface area contributed by atoms with E-state index in [0.29, 0.717) is 22.3 Å². The van der Waals surface area contributed by atoms with Crippen LogP contribution < -0.4 is 5.32 Å². The molecule has 3 rings (SSSR count). The largest absolute Gasteiger partial charge is 0.466 e. The van der Waals surface area contributed by atoms with Gasteiger partial charge in [0.25, 0.3) is 5.91 Å². The summed E-state index contributed by atoms with van der Waals surface area (Å²) in [6.45, 7) is 7.97. The Hall–Kier alpha value is -3.07. The number of aromatic nitrogens is 3. The van der Waals surface area contributed by atoms with Gasteiger partial charge in [-0.1, -0.05) is 5.92 Å². The number of amides is 1. The number of nitrogens with zero attached hydrogens (tertiary/aromatic N) is 3. The van der Waals surface area contributed by atoms with Crippen LogP contribution in [-0.4, -0.2) is 27.2 Å². The molecular weight excluding hydrogens is 316 g/mol. The van der Waals surface area contributed by atoms with Gasteiger partial charge in [0.05, 0.1) is 29.4 Å². The predicted octanol–water partition coefficient (Wildman–Crippen LogP) is 3.25. The summed E-state index contributed by atoms with van der Waals surface area (Å²) in [5.41, 5.74) is 2.70. The lowest BCUT2D eigenvalue weighted by molar-refractivity contribution is 0.0960. The maximum atomic E-state index is 12.6. The molecule has 0 aliphatic heterocycles. The molecule has 0 aliphatic rings. The highest BCUT2D eigenvalue weighted by Crippen LogP contribution is 2.29. The van der Waals surface area contributed by atoms with Gasteiger partial charge in [0, 0.05) is 11.6 Å². The van der Waals surface area contributed by atoms with Gasteiger partial charge in [-0.05, 0) is 39.8 Å². The summed E-state index contributed by atoms with van der Waals surface area (Å²) in [5, 5.41) is 7.80. The second-order valence-corrected chi connectivity index (χ2v) is 6.19. The van der Waals surface area contributed by atoms with Gasteiger partial charge < -0.3 is 9.73 Å². The number of carbonyl (C=O) groups is 1. The van der Waals surface area contributed by atoms with E-state index in [1.807, 2.05) is 33.8 Å². The number of hydrogen-bond acceptors (Lipinski definition) is 4. The lowest BCUT2D eigenvalue weighted by Gasteiger charge is -2.10. The highest BCUT2D eigenvalue weighted by molar-refractivity contribution is 6.06. The molecule has 0 saturated carbocycles. The van der Waals surface area contributed by atoms with Crippen molar-refractivity contribution in [3.63, 3.8) is 0 Å². The smallest absolute Gasteiger partial charge is 0.252 e. The fraction of sp³-hybridized carbons (Fsp3) is 0.316. The SMILES string of the molecule is C#CCNC(=O)c1cc(-c2cc(C)oc2C)nc2c1cnn2C(C)C. The second-order valence-electron chi connectivity index (χ2n) is 6.19. The van der Waals surface area contributed by atoms with E-state index in [1.54, 1.807) is 16.9 Å². The maximum absolute atomic E-state index is 12.6. The van der Waals surface area contributed by atoms with Gasteiger partial charge in [0.1, 0.15) is 11.5 Å². The van der Waals surface area contributed by atoms with Crippen molar-refractivity contribution in [3.8, 4) is 23.6 Å². The molecule has 0 aromatic carbocycles. The number of terminal acetylenes is 1. The molecular formula is C19H20N4O2. The first kappa shape index (κ1) is 16.8. The van der Waals surface area contributed by atoms with Crippen molar-refractivity contribution in [2.24, 2.45) is 0 Å². The van der Waals surface area contributed by atoms with Gasteiger partial charge in [0.2, 0.25) is 0 Å². The Labute approximate surface area is 146 Å². The van der Waals surface area contributed by atoms with Gasteiger partial charge in [-0.15, -0.1) is 6.42 Å². The zero-order valence-electron chi connectivity index (χ0n) is 14.8. The Morgan fingerprint density at radius 3 is 2.76 bits per heavy atom. The fourth-order valence-electron chi connectivity index (χ4n) is 2.83. The molecule has 1 amide bonds. The number of aryl methyl sites for hydroxylation is 2. The van der Waals surface area contributed by atoms with Crippen LogP contribution >= 0.6 is 0 Å². The quantitative estimate of drug-likeness (QED) is 0.742. The monoisotopic (exact) mass is 336 g/mol. The minimum atomic E-state index is -0.243. The maximum Gasteiger partial charge on any atom is 0.252 e. The minimum absolute atomic E-state index is 0.119. The van der Waals surface area contributed by atoms with E-state index < -0.39 is 0 Å². The van der Waals surface area contributed by atoms with Crippen LogP contribution in [0.1, 0.15) is 41.8 Å². The molecule has 0 aliphatic carbocycles. The van der Waals surface area contributed by atoms with Crippen molar-refractivity contribution < 1.29 is 9.21 Å². The molecule has 0 atom stereocenters. The number of rotatable bonds is 4. The van der Waals surface area contributed by atoms with Crippen molar-refractivity contribution in [2.45, 2.75) is 33.7 Å². The Morgan fingerprint density at radius 1 is 1.40 bits per heavy atom. The van der Waals surface area contributed by atoms with Crippen LogP contribution in [0.25, 0.3) is 22.3 Å². The molecule has 0 spiro atoms. The topological polar surface area (TPSA) is 73.0 Å². The highest BCUT2D eigenvalue weighted by atomic mass is 16.3. The van der Waals surface area contributed by atoms with Gasteiger partial charge in [-0.3, -0.25) is 4.79 Å². The van der Waals surface area contributed by atoms with Gasteiger partial charge in [-0.25, -0.2) is 9.67 Å². The third-order valence-electron chi connectivity index (χ3n) is 3.97. The molecule has 0 bridgehead atoms. The Kier molecular flexibility index (Phi) is 4.32. The highest BCUT2D eigenvalue weighted by Gasteiger charge is 2.19. The van der Waals surface area contributed by atoms with Crippen molar-refractivity contribution in [1.29, 1.82) is 0 Å². The number of carbonyl (C=O) groups excluding carboxylic acids is 1. The van der Waals surface area contributed by atoms with E-state index >= 15 is 0 Å². The average molecular weight is 336 g/mol. The Morgan fingerprint density at radius 2 is 2.16 bits per heavy atom. The van der Waals surface area contributed by atoms with E-state index in [4.69, 9.17) is 15.8 Å². The lowest BCUT2D eigenvalue weighted by Crippen LogP contribution is -2.24.